The van der Waals surface area contributed by atoms with E-state index in [-0.39, 0.29) is 0 Å². The van der Waals surface area contributed by atoms with Gasteiger partial charge >= 0.3 is 0 Å². The van der Waals surface area contributed by atoms with E-state index in [2.05, 4.69) is 11.4 Å². The van der Waals surface area contributed by atoms with Crippen molar-refractivity contribution in [1.82, 2.24) is 5.32 Å². The number of rotatable bonds is 8. The molecule has 0 aromatic heterocycles. The number of benzene rings is 1. The molecule has 1 aromatic carbocycles. The van der Waals surface area contributed by atoms with E-state index in [1.54, 1.807) is 7.11 Å². The lowest BCUT2D eigenvalue weighted by atomic mass is 10.0. The van der Waals surface area contributed by atoms with Crippen LogP contribution in [0.3, 0.4) is 0 Å². The molecule has 21 heavy (non-hydrogen) atoms. The molecule has 2 N–H and O–H groups in total. The van der Waals surface area contributed by atoms with Gasteiger partial charge in [-0.25, -0.2) is 0 Å². The maximum absolute atomic E-state index is 10.4. The van der Waals surface area contributed by atoms with Gasteiger partial charge in [-0.15, -0.1) is 0 Å². The number of methoxy groups -OCH3 is 1. The summed E-state index contributed by atoms with van der Waals surface area (Å²) in [5.74, 6) is 0.905. The van der Waals surface area contributed by atoms with Gasteiger partial charge in [0.2, 0.25) is 0 Å². The van der Waals surface area contributed by atoms with Gasteiger partial charge in [0.1, 0.15) is 12.4 Å². The van der Waals surface area contributed by atoms with Crippen LogP contribution in [0.15, 0.2) is 18.2 Å². The smallest absolute Gasteiger partial charge is 0.126 e. The van der Waals surface area contributed by atoms with Gasteiger partial charge in [0.15, 0.2) is 0 Å². The second kappa shape index (κ2) is 7.78. The van der Waals surface area contributed by atoms with Crippen LogP contribution in [-0.4, -0.2) is 37.6 Å². The minimum atomic E-state index is -0.636. The van der Waals surface area contributed by atoms with E-state index in [0.29, 0.717) is 13.2 Å². The van der Waals surface area contributed by atoms with Crippen molar-refractivity contribution in [1.29, 1.82) is 0 Å². The first-order chi connectivity index (χ1) is 10.1. The predicted octanol–water partition coefficient (Wildman–Crippen LogP) is 2.41. The van der Waals surface area contributed by atoms with E-state index in [9.17, 15) is 5.11 Å². The quantitative estimate of drug-likeness (QED) is 0.723. The Morgan fingerprint density at radius 2 is 2.05 bits per heavy atom. The van der Waals surface area contributed by atoms with Crippen molar-refractivity contribution in [3.8, 4) is 5.75 Å². The van der Waals surface area contributed by atoms with E-state index in [0.717, 1.165) is 55.6 Å². The number of ether oxygens (including phenoxy) is 2. The largest absolute Gasteiger partial charge is 0.490 e. The minimum Gasteiger partial charge on any atom is -0.490 e. The Balaban J connectivity index is 1.96. The molecular weight excluding hydrogens is 266 g/mol. The highest BCUT2D eigenvalue weighted by molar-refractivity contribution is 5.40. The summed E-state index contributed by atoms with van der Waals surface area (Å²) in [6.45, 7) is 4.70. The second-order valence-corrected chi connectivity index (χ2v) is 5.95. The van der Waals surface area contributed by atoms with Crippen LogP contribution < -0.4 is 10.1 Å². The topological polar surface area (TPSA) is 50.7 Å². The third-order valence-electron chi connectivity index (χ3n) is 4.11. The average Bonchev–Trinajstić information content (AvgIpc) is 2.90. The van der Waals surface area contributed by atoms with E-state index in [1.807, 2.05) is 19.1 Å². The number of para-hydroxylation sites is 1. The highest BCUT2D eigenvalue weighted by Crippen LogP contribution is 2.31. The normalized spacial score (nSPS) is 17.1. The molecule has 0 aliphatic heterocycles. The van der Waals surface area contributed by atoms with E-state index in [1.165, 1.54) is 0 Å². The Hall–Kier alpha value is -1.10. The van der Waals surface area contributed by atoms with Crippen LogP contribution in [-0.2, 0) is 11.3 Å². The van der Waals surface area contributed by atoms with Gasteiger partial charge in [0.05, 0.1) is 12.2 Å². The van der Waals surface area contributed by atoms with Crippen molar-refractivity contribution in [2.45, 2.75) is 44.8 Å². The number of hydrogen-bond donors (Lipinski definition) is 2. The Labute approximate surface area is 127 Å². The standard InChI is InChI=1S/C17H27NO3/c1-14-6-5-7-15(12-18-10-11-20-2)16(14)21-13-17(19)8-3-4-9-17/h5-7,18-19H,3-4,8-13H2,1-2H3. The fourth-order valence-corrected chi connectivity index (χ4v) is 2.84. The van der Waals surface area contributed by atoms with Gasteiger partial charge in [-0.2, -0.15) is 0 Å². The fraction of sp³-hybridized carbons (Fsp3) is 0.647. The predicted molar refractivity (Wildman–Crippen MR) is 83.7 cm³/mol. The zero-order chi connectivity index (χ0) is 15.1. The number of aliphatic hydroxyl groups is 1. The van der Waals surface area contributed by atoms with Gasteiger partial charge in [-0.05, 0) is 25.3 Å². The highest BCUT2D eigenvalue weighted by Gasteiger charge is 2.32. The lowest BCUT2D eigenvalue weighted by molar-refractivity contribution is 0.000919. The van der Waals surface area contributed by atoms with Gasteiger partial charge in [0, 0.05) is 25.8 Å². The number of nitrogens with one attached hydrogen (secondary N) is 1. The molecular formula is C17H27NO3. The van der Waals surface area contributed by atoms with Crippen LogP contribution >= 0.6 is 0 Å². The van der Waals surface area contributed by atoms with E-state index >= 15 is 0 Å². The molecule has 2 rings (SSSR count). The lowest BCUT2D eigenvalue weighted by Gasteiger charge is -2.24. The molecule has 0 heterocycles. The summed E-state index contributed by atoms with van der Waals surface area (Å²) in [4.78, 5) is 0. The molecule has 0 amide bonds. The Kier molecular flexibility index (Phi) is 6.03. The van der Waals surface area contributed by atoms with E-state index in [4.69, 9.17) is 9.47 Å². The van der Waals surface area contributed by atoms with Crippen molar-refractivity contribution in [3.05, 3.63) is 29.3 Å². The summed E-state index contributed by atoms with van der Waals surface area (Å²) >= 11 is 0. The molecule has 0 atom stereocenters. The van der Waals surface area contributed by atoms with Crippen molar-refractivity contribution in [2.75, 3.05) is 26.9 Å². The van der Waals surface area contributed by atoms with Crippen molar-refractivity contribution >= 4 is 0 Å². The maximum atomic E-state index is 10.4. The van der Waals surface area contributed by atoms with Crippen LogP contribution in [0.5, 0.6) is 5.75 Å². The Morgan fingerprint density at radius 3 is 2.76 bits per heavy atom. The third-order valence-corrected chi connectivity index (χ3v) is 4.11. The summed E-state index contributed by atoms with van der Waals surface area (Å²) in [6, 6.07) is 6.16. The molecule has 0 radical (unpaired) electrons. The maximum Gasteiger partial charge on any atom is 0.126 e. The minimum absolute atomic E-state index is 0.392. The Morgan fingerprint density at radius 1 is 1.29 bits per heavy atom. The Bertz CT molecular complexity index is 442. The first kappa shape index (κ1) is 16.3. The molecule has 118 valence electrons. The first-order valence-corrected chi connectivity index (χ1v) is 7.78. The zero-order valence-electron chi connectivity index (χ0n) is 13.2. The fourth-order valence-electron chi connectivity index (χ4n) is 2.84. The molecule has 1 aliphatic carbocycles. The van der Waals surface area contributed by atoms with Crippen molar-refractivity contribution in [3.63, 3.8) is 0 Å². The monoisotopic (exact) mass is 293 g/mol. The molecule has 1 aliphatic rings. The molecule has 1 saturated carbocycles. The average molecular weight is 293 g/mol. The molecule has 1 aromatic rings. The number of hydrogen-bond acceptors (Lipinski definition) is 4. The summed E-state index contributed by atoms with van der Waals surface area (Å²) < 4.78 is 11.0. The molecule has 0 unspecified atom stereocenters. The molecule has 1 fully saturated rings. The highest BCUT2D eigenvalue weighted by atomic mass is 16.5. The molecule has 0 spiro atoms. The number of aryl methyl sites for hydroxylation is 1. The van der Waals surface area contributed by atoms with Crippen molar-refractivity contribution in [2.24, 2.45) is 0 Å². The zero-order valence-corrected chi connectivity index (χ0v) is 13.2. The molecule has 4 nitrogen and oxygen atoms in total. The summed E-state index contributed by atoms with van der Waals surface area (Å²) in [5, 5.41) is 13.8. The second-order valence-electron chi connectivity index (χ2n) is 5.95. The molecule has 4 heteroatoms. The summed E-state index contributed by atoms with van der Waals surface area (Å²) in [5.41, 5.74) is 1.61. The lowest BCUT2D eigenvalue weighted by Crippen LogP contribution is -2.32. The van der Waals surface area contributed by atoms with Gasteiger partial charge in [-0.1, -0.05) is 31.0 Å². The first-order valence-electron chi connectivity index (χ1n) is 7.78. The summed E-state index contributed by atoms with van der Waals surface area (Å²) in [6.07, 6.45) is 3.89. The summed E-state index contributed by atoms with van der Waals surface area (Å²) in [7, 11) is 1.70. The molecule has 0 bridgehead atoms. The van der Waals surface area contributed by atoms with E-state index < -0.39 is 5.60 Å². The van der Waals surface area contributed by atoms with Crippen LogP contribution in [0.2, 0.25) is 0 Å². The van der Waals surface area contributed by atoms with Crippen LogP contribution in [0.25, 0.3) is 0 Å². The SMILES string of the molecule is COCCNCc1cccc(C)c1OCC1(O)CCCC1. The van der Waals surface area contributed by atoms with Crippen LogP contribution in [0.4, 0.5) is 0 Å². The van der Waals surface area contributed by atoms with Crippen LogP contribution in [0.1, 0.15) is 36.8 Å². The third kappa shape index (κ3) is 4.70. The van der Waals surface area contributed by atoms with Gasteiger partial charge in [0.25, 0.3) is 0 Å². The van der Waals surface area contributed by atoms with Crippen molar-refractivity contribution < 1.29 is 14.6 Å². The van der Waals surface area contributed by atoms with Gasteiger partial charge < -0.3 is 19.9 Å². The molecule has 0 saturated heterocycles. The van der Waals surface area contributed by atoms with Crippen LogP contribution in [0, 0.1) is 6.92 Å². The van der Waals surface area contributed by atoms with Gasteiger partial charge in [-0.3, -0.25) is 0 Å².